The van der Waals surface area contributed by atoms with E-state index in [-0.39, 0.29) is 11.5 Å². The fraction of sp³-hybridized carbons (Fsp3) is 0.500. The van der Waals surface area contributed by atoms with E-state index >= 15 is 0 Å². The van der Waals surface area contributed by atoms with Crippen molar-refractivity contribution >= 4 is 11.6 Å². The molecule has 0 bridgehead atoms. The van der Waals surface area contributed by atoms with Crippen molar-refractivity contribution in [2.24, 2.45) is 0 Å². The number of rotatable bonds is 6. The second-order valence-electron chi connectivity index (χ2n) is 3.69. The Morgan fingerprint density at radius 2 is 2.12 bits per heavy atom. The van der Waals surface area contributed by atoms with Gasteiger partial charge in [0.2, 0.25) is 5.91 Å². The third kappa shape index (κ3) is 4.40. The smallest absolute Gasteiger partial charge is 0.250 e. The molecule has 0 spiro atoms. The van der Waals surface area contributed by atoms with Crippen LogP contribution >= 0.6 is 0 Å². The number of nitrogens with zero attached hydrogens (tertiary/aromatic N) is 1. The van der Waals surface area contributed by atoms with E-state index in [9.17, 15) is 9.59 Å². The van der Waals surface area contributed by atoms with Gasteiger partial charge in [0.1, 0.15) is 0 Å². The van der Waals surface area contributed by atoms with Crippen LogP contribution in [0.2, 0.25) is 0 Å². The first-order valence-electron chi connectivity index (χ1n) is 5.88. The molecule has 94 valence electrons. The molecule has 0 aliphatic heterocycles. The largest absolute Gasteiger partial charge is 0.325 e. The Hall–Kier alpha value is -1.62. The molecule has 1 aromatic heterocycles. The zero-order valence-electron chi connectivity index (χ0n) is 10.3. The quantitative estimate of drug-likeness (QED) is 0.720. The number of aryl methyl sites for hydroxylation is 1. The SMILES string of the molecule is CCNCCC(=O)Nc1ccc(=O)n(CC)c1. The zero-order chi connectivity index (χ0) is 12.7. The van der Waals surface area contributed by atoms with Gasteiger partial charge < -0.3 is 15.2 Å². The fourth-order valence-electron chi connectivity index (χ4n) is 1.45. The summed E-state index contributed by atoms with van der Waals surface area (Å²) < 4.78 is 1.56. The van der Waals surface area contributed by atoms with Crippen molar-refractivity contribution in [1.29, 1.82) is 0 Å². The van der Waals surface area contributed by atoms with Crippen LogP contribution in [0, 0.1) is 0 Å². The Labute approximate surface area is 101 Å². The highest BCUT2D eigenvalue weighted by molar-refractivity contribution is 5.90. The molecular weight excluding hydrogens is 218 g/mol. The molecule has 17 heavy (non-hydrogen) atoms. The van der Waals surface area contributed by atoms with Gasteiger partial charge in [-0.25, -0.2) is 0 Å². The molecule has 0 radical (unpaired) electrons. The van der Waals surface area contributed by atoms with Gasteiger partial charge in [0.25, 0.3) is 5.56 Å². The Balaban J connectivity index is 2.56. The predicted molar refractivity (Wildman–Crippen MR) is 68.2 cm³/mol. The maximum Gasteiger partial charge on any atom is 0.250 e. The van der Waals surface area contributed by atoms with Crippen LogP contribution in [-0.2, 0) is 11.3 Å². The van der Waals surface area contributed by atoms with Gasteiger partial charge in [-0.15, -0.1) is 0 Å². The van der Waals surface area contributed by atoms with Crippen LogP contribution in [0.1, 0.15) is 20.3 Å². The topological polar surface area (TPSA) is 63.1 Å². The number of anilines is 1. The highest BCUT2D eigenvalue weighted by atomic mass is 16.1. The van der Waals surface area contributed by atoms with Gasteiger partial charge in [0.15, 0.2) is 0 Å². The van der Waals surface area contributed by atoms with Crippen molar-refractivity contribution in [1.82, 2.24) is 9.88 Å². The van der Waals surface area contributed by atoms with Gasteiger partial charge in [-0.3, -0.25) is 9.59 Å². The summed E-state index contributed by atoms with van der Waals surface area (Å²) in [5, 5.41) is 5.84. The van der Waals surface area contributed by atoms with Crippen LogP contribution in [0.5, 0.6) is 0 Å². The number of hydrogen-bond acceptors (Lipinski definition) is 3. The molecule has 0 unspecified atom stereocenters. The van der Waals surface area contributed by atoms with E-state index in [0.29, 0.717) is 25.2 Å². The summed E-state index contributed by atoms with van der Waals surface area (Å²) in [5.74, 6) is -0.0488. The lowest BCUT2D eigenvalue weighted by Crippen LogP contribution is -2.23. The second kappa shape index (κ2) is 6.85. The number of aromatic nitrogens is 1. The molecule has 5 nitrogen and oxygen atoms in total. The summed E-state index contributed by atoms with van der Waals surface area (Å²) >= 11 is 0. The van der Waals surface area contributed by atoms with Crippen LogP contribution in [0.4, 0.5) is 5.69 Å². The normalized spacial score (nSPS) is 10.2. The molecule has 1 aromatic rings. The highest BCUT2D eigenvalue weighted by Crippen LogP contribution is 2.03. The van der Waals surface area contributed by atoms with E-state index in [2.05, 4.69) is 10.6 Å². The van der Waals surface area contributed by atoms with E-state index in [0.717, 1.165) is 6.54 Å². The monoisotopic (exact) mass is 237 g/mol. The first-order chi connectivity index (χ1) is 8.17. The number of carbonyl (C=O) groups is 1. The lowest BCUT2D eigenvalue weighted by Gasteiger charge is -2.08. The molecule has 0 aliphatic rings. The molecule has 1 amide bonds. The minimum Gasteiger partial charge on any atom is -0.325 e. The van der Waals surface area contributed by atoms with Crippen molar-refractivity contribution in [2.75, 3.05) is 18.4 Å². The Kier molecular flexibility index (Phi) is 5.42. The molecule has 0 saturated heterocycles. The number of carbonyl (C=O) groups excluding carboxylic acids is 1. The van der Waals surface area contributed by atoms with Gasteiger partial charge in [0, 0.05) is 31.8 Å². The number of nitrogens with one attached hydrogen (secondary N) is 2. The molecule has 0 atom stereocenters. The first-order valence-corrected chi connectivity index (χ1v) is 5.88. The van der Waals surface area contributed by atoms with Crippen LogP contribution in [0.3, 0.4) is 0 Å². The molecule has 0 aliphatic carbocycles. The second-order valence-corrected chi connectivity index (χ2v) is 3.69. The lowest BCUT2D eigenvalue weighted by molar-refractivity contribution is -0.116. The standard InChI is InChI=1S/C12H19N3O2/c1-3-13-8-7-11(16)14-10-5-6-12(17)15(4-2)9-10/h5-6,9,13H,3-4,7-8H2,1-2H3,(H,14,16). The van der Waals surface area contributed by atoms with E-state index in [1.807, 2.05) is 13.8 Å². The third-order valence-electron chi connectivity index (χ3n) is 2.39. The number of amides is 1. The molecule has 0 aromatic carbocycles. The lowest BCUT2D eigenvalue weighted by atomic mass is 10.3. The van der Waals surface area contributed by atoms with Crippen LogP contribution in [-0.4, -0.2) is 23.6 Å². The maximum atomic E-state index is 11.5. The third-order valence-corrected chi connectivity index (χ3v) is 2.39. The summed E-state index contributed by atoms with van der Waals surface area (Å²) in [6.45, 7) is 6.00. The zero-order valence-corrected chi connectivity index (χ0v) is 10.3. The summed E-state index contributed by atoms with van der Waals surface area (Å²) in [7, 11) is 0. The minimum absolute atomic E-state index is 0.0488. The van der Waals surface area contributed by atoms with Crippen LogP contribution in [0.25, 0.3) is 0 Å². The molecule has 0 saturated carbocycles. The summed E-state index contributed by atoms with van der Waals surface area (Å²) in [6, 6.07) is 3.09. The van der Waals surface area contributed by atoms with Gasteiger partial charge in [0.05, 0.1) is 5.69 Å². The van der Waals surface area contributed by atoms with Gasteiger partial charge in [-0.2, -0.15) is 0 Å². The predicted octanol–water partition coefficient (Wildman–Crippen LogP) is 0.806. The first kappa shape index (κ1) is 13.4. The van der Waals surface area contributed by atoms with E-state index in [4.69, 9.17) is 0 Å². The Morgan fingerprint density at radius 3 is 2.76 bits per heavy atom. The number of pyridine rings is 1. The van der Waals surface area contributed by atoms with E-state index in [1.54, 1.807) is 16.8 Å². The maximum absolute atomic E-state index is 11.5. The van der Waals surface area contributed by atoms with Crippen molar-refractivity contribution in [3.05, 3.63) is 28.7 Å². The average molecular weight is 237 g/mol. The van der Waals surface area contributed by atoms with E-state index in [1.165, 1.54) is 6.07 Å². The fourth-order valence-corrected chi connectivity index (χ4v) is 1.45. The molecule has 1 rings (SSSR count). The average Bonchev–Trinajstić information content (AvgIpc) is 2.32. The molecule has 5 heteroatoms. The minimum atomic E-state index is -0.0573. The van der Waals surface area contributed by atoms with Crippen molar-refractivity contribution in [3.8, 4) is 0 Å². The van der Waals surface area contributed by atoms with Crippen molar-refractivity contribution in [3.63, 3.8) is 0 Å². The van der Waals surface area contributed by atoms with Gasteiger partial charge in [-0.1, -0.05) is 6.92 Å². The molecule has 1 heterocycles. The Bertz CT molecular complexity index is 426. The Morgan fingerprint density at radius 1 is 1.35 bits per heavy atom. The van der Waals surface area contributed by atoms with Crippen molar-refractivity contribution in [2.45, 2.75) is 26.8 Å². The summed E-state index contributed by atoms with van der Waals surface area (Å²) in [4.78, 5) is 22.9. The number of hydrogen-bond donors (Lipinski definition) is 2. The van der Waals surface area contributed by atoms with Gasteiger partial charge >= 0.3 is 0 Å². The molecule has 0 fully saturated rings. The molecule has 2 N–H and O–H groups in total. The van der Waals surface area contributed by atoms with E-state index < -0.39 is 0 Å². The summed E-state index contributed by atoms with van der Waals surface area (Å²) in [6.07, 6.45) is 2.09. The van der Waals surface area contributed by atoms with Crippen LogP contribution in [0.15, 0.2) is 23.1 Å². The van der Waals surface area contributed by atoms with Crippen LogP contribution < -0.4 is 16.2 Å². The molecular formula is C12H19N3O2. The highest BCUT2D eigenvalue weighted by Gasteiger charge is 2.02. The summed E-state index contributed by atoms with van der Waals surface area (Å²) in [5.41, 5.74) is 0.603. The van der Waals surface area contributed by atoms with Crippen molar-refractivity contribution < 1.29 is 4.79 Å². The van der Waals surface area contributed by atoms with Gasteiger partial charge in [-0.05, 0) is 19.5 Å².